The van der Waals surface area contributed by atoms with Gasteiger partial charge in [-0.2, -0.15) is 0 Å². The van der Waals surface area contributed by atoms with Crippen molar-refractivity contribution in [2.45, 2.75) is 18.9 Å². The second-order valence-corrected chi connectivity index (χ2v) is 6.92. The summed E-state index contributed by atoms with van der Waals surface area (Å²) in [7, 11) is 1.61. The van der Waals surface area contributed by atoms with Gasteiger partial charge in [0.2, 0.25) is 0 Å². The summed E-state index contributed by atoms with van der Waals surface area (Å²) in [5.41, 5.74) is 2.96. The molecule has 0 saturated carbocycles. The Bertz CT molecular complexity index is 980. The molecule has 3 aromatic rings. The molecule has 0 aliphatic carbocycles. The van der Waals surface area contributed by atoms with Crippen LogP contribution in [-0.2, 0) is 4.74 Å². The number of imidazole rings is 1. The van der Waals surface area contributed by atoms with Crippen LogP contribution in [0.15, 0.2) is 42.7 Å². The van der Waals surface area contributed by atoms with E-state index in [1.807, 2.05) is 22.8 Å². The molecule has 1 amide bonds. The monoisotopic (exact) mass is 385 g/mol. The lowest BCUT2D eigenvalue weighted by atomic mass is 10.1. The molecule has 2 aromatic carbocycles. The maximum absolute atomic E-state index is 12.4. The SMILES string of the molecule is COc1ccc(Cl)cc1-n1cnc2cc(C(=O)NCC3CCCO3)ccc21. The van der Waals surface area contributed by atoms with Gasteiger partial charge in [0, 0.05) is 23.7 Å². The average molecular weight is 386 g/mol. The van der Waals surface area contributed by atoms with E-state index >= 15 is 0 Å². The first kappa shape index (κ1) is 17.8. The van der Waals surface area contributed by atoms with Crippen molar-refractivity contribution >= 4 is 28.5 Å². The third kappa shape index (κ3) is 3.63. The maximum atomic E-state index is 12.4. The van der Waals surface area contributed by atoms with Crippen LogP contribution >= 0.6 is 11.6 Å². The quantitative estimate of drug-likeness (QED) is 0.728. The fourth-order valence-corrected chi connectivity index (χ4v) is 3.48. The van der Waals surface area contributed by atoms with Gasteiger partial charge in [-0.3, -0.25) is 9.36 Å². The molecule has 140 valence electrons. The topological polar surface area (TPSA) is 65.4 Å². The fraction of sp³-hybridized carbons (Fsp3) is 0.300. The minimum atomic E-state index is -0.123. The van der Waals surface area contributed by atoms with Gasteiger partial charge in [-0.15, -0.1) is 0 Å². The molecule has 27 heavy (non-hydrogen) atoms. The largest absolute Gasteiger partial charge is 0.495 e. The second-order valence-electron chi connectivity index (χ2n) is 6.48. The highest BCUT2D eigenvalue weighted by Crippen LogP contribution is 2.29. The first-order valence-electron chi connectivity index (χ1n) is 8.86. The highest BCUT2D eigenvalue weighted by atomic mass is 35.5. The van der Waals surface area contributed by atoms with Crippen molar-refractivity contribution in [3.63, 3.8) is 0 Å². The van der Waals surface area contributed by atoms with E-state index in [1.165, 1.54) is 0 Å². The van der Waals surface area contributed by atoms with E-state index in [-0.39, 0.29) is 12.0 Å². The maximum Gasteiger partial charge on any atom is 0.251 e. The van der Waals surface area contributed by atoms with Crippen LogP contribution in [0.25, 0.3) is 16.7 Å². The van der Waals surface area contributed by atoms with Crippen LogP contribution < -0.4 is 10.1 Å². The molecule has 7 heteroatoms. The zero-order valence-corrected chi connectivity index (χ0v) is 15.7. The highest BCUT2D eigenvalue weighted by Gasteiger charge is 2.17. The normalized spacial score (nSPS) is 16.6. The number of hydrogen-bond acceptors (Lipinski definition) is 4. The number of methoxy groups -OCH3 is 1. The summed E-state index contributed by atoms with van der Waals surface area (Å²) in [4.78, 5) is 16.9. The van der Waals surface area contributed by atoms with Crippen LogP contribution in [-0.4, -0.2) is 41.8 Å². The lowest BCUT2D eigenvalue weighted by Crippen LogP contribution is -2.31. The minimum Gasteiger partial charge on any atom is -0.495 e. The summed E-state index contributed by atoms with van der Waals surface area (Å²) in [6.45, 7) is 1.31. The summed E-state index contributed by atoms with van der Waals surface area (Å²) < 4.78 is 12.9. The van der Waals surface area contributed by atoms with E-state index in [2.05, 4.69) is 10.3 Å². The summed E-state index contributed by atoms with van der Waals surface area (Å²) in [6.07, 6.45) is 3.86. The summed E-state index contributed by atoms with van der Waals surface area (Å²) in [6, 6.07) is 10.9. The molecule has 0 spiro atoms. The molecule has 4 rings (SSSR count). The van der Waals surface area contributed by atoms with Gasteiger partial charge in [-0.1, -0.05) is 11.6 Å². The average Bonchev–Trinajstić information content (AvgIpc) is 3.35. The Morgan fingerprint density at radius 2 is 2.26 bits per heavy atom. The van der Waals surface area contributed by atoms with Crippen LogP contribution in [0.5, 0.6) is 5.75 Å². The lowest BCUT2D eigenvalue weighted by Gasteiger charge is -2.12. The number of ether oxygens (including phenoxy) is 2. The first-order chi connectivity index (χ1) is 13.2. The zero-order valence-electron chi connectivity index (χ0n) is 14.9. The van der Waals surface area contributed by atoms with Crippen LogP contribution in [0.4, 0.5) is 0 Å². The standard InChI is InChI=1S/C20H20ClN3O3/c1-26-19-7-5-14(21)10-18(19)24-12-23-16-9-13(4-6-17(16)24)20(25)22-11-15-3-2-8-27-15/h4-7,9-10,12,15H,2-3,8,11H2,1H3,(H,22,25). The second kappa shape index (κ2) is 7.58. The number of benzene rings is 2. The molecule has 1 aliphatic rings. The van der Waals surface area contributed by atoms with E-state index < -0.39 is 0 Å². The summed E-state index contributed by atoms with van der Waals surface area (Å²) in [5.74, 6) is 0.569. The fourth-order valence-electron chi connectivity index (χ4n) is 3.31. The third-order valence-corrected chi connectivity index (χ3v) is 4.96. The Balaban J connectivity index is 1.60. The minimum absolute atomic E-state index is 0.118. The number of hydrogen-bond donors (Lipinski definition) is 1. The Morgan fingerprint density at radius 3 is 3.04 bits per heavy atom. The molecule has 1 saturated heterocycles. The Hall–Kier alpha value is -2.57. The van der Waals surface area contributed by atoms with Crippen LogP contribution in [0.3, 0.4) is 0 Å². The molecule has 1 fully saturated rings. The van der Waals surface area contributed by atoms with Crippen molar-refractivity contribution in [3.8, 4) is 11.4 Å². The smallest absolute Gasteiger partial charge is 0.251 e. The molecule has 1 N–H and O–H groups in total. The molecule has 0 bridgehead atoms. The van der Waals surface area contributed by atoms with Gasteiger partial charge in [0.1, 0.15) is 12.1 Å². The summed E-state index contributed by atoms with van der Waals surface area (Å²) >= 11 is 6.14. The number of halogens is 1. The number of nitrogens with zero attached hydrogens (tertiary/aromatic N) is 2. The number of aromatic nitrogens is 2. The van der Waals surface area contributed by atoms with Crippen molar-refractivity contribution in [1.29, 1.82) is 0 Å². The predicted molar refractivity (Wildman–Crippen MR) is 104 cm³/mol. The highest BCUT2D eigenvalue weighted by molar-refractivity contribution is 6.30. The molecule has 1 atom stereocenters. The molecule has 2 heterocycles. The van der Waals surface area contributed by atoms with E-state index in [0.717, 1.165) is 36.2 Å². The predicted octanol–water partition coefficient (Wildman–Crippen LogP) is 3.60. The molecule has 1 unspecified atom stereocenters. The van der Waals surface area contributed by atoms with Crippen molar-refractivity contribution in [2.24, 2.45) is 0 Å². The molecule has 6 nitrogen and oxygen atoms in total. The van der Waals surface area contributed by atoms with Crippen molar-refractivity contribution in [2.75, 3.05) is 20.3 Å². The number of nitrogens with one attached hydrogen (secondary N) is 1. The van der Waals surface area contributed by atoms with Crippen molar-refractivity contribution in [3.05, 3.63) is 53.3 Å². The first-order valence-corrected chi connectivity index (χ1v) is 9.24. The van der Waals surface area contributed by atoms with Gasteiger partial charge in [0.05, 0.1) is 29.9 Å². The molecule has 1 aromatic heterocycles. The van der Waals surface area contributed by atoms with Gasteiger partial charge < -0.3 is 14.8 Å². The zero-order chi connectivity index (χ0) is 18.8. The number of carbonyl (C=O) groups is 1. The van der Waals surface area contributed by atoms with Gasteiger partial charge in [-0.05, 0) is 49.2 Å². The third-order valence-electron chi connectivity index (χ3n) is 4.72. The van der Waals surface area contributed by atoms with E-state index in [4.69, 9.17) is 21.1 Å². The van der Waals surface area contributed by atoms with Gasteiger partial charge in [-0.25, -0.2) is 4.98 Å². The Kier molecular flexibility index (Phi) is 5.01. The van der Waals surface area contributed by atoms with Crippen LogP contribution in [0.1, 0.15) is 23.2 Å². The molecular weight excluding hydrogens is 366 g/mol. The van der Waals surface area contributed by atoms with Crippen molar-refractivity contribution < 1.29 is 14.3 Å². The lowest BCUT2D eigenvalue weighted by molar-refractivity contribution is 0.0858. The van der Waals surface area contributed by atoms with Gasteiger partial charge in [0.25, 0.3) is 5.91 Å². The number of fused-ring (bicyclic) bond motifs is 1. The van der Waals surface area contributed by atoms with Gasteiger partial charge in [0.15, 0.2) is 0 Å². The Labute approximate surface area is 162 Å². The van der Waals surface area contributed by atoms with Crippen LogP contribution in [0.2, 0.25) is 5.02 Å². The van der Waals surface area contributed by atoms with E-state index in [9.17, 15) is 4.79 Å². The Morgan fingerprint density at radius 1 is 1.37 bits per heavy atom. The summed E-state index contributed by atoms with van der Waals surface area (Å²) in [5, 5.41) is 3.54. The number of rotatable bonds is 5. The molecular formula is C20H20ClN3O3. The van der Waals surface area contributed by atoms with Crippen molar-refractivity contribution in [1.82, 2.24) is 14.9 Å². The van der Waals surface area contributed by atoms with E-state index in [0.29, 0.717) is 22.9 Å². The number of amides is 1. The molecule has 1 aliphatic heterocycles. The van der Waals surface area contributed by atoms with Gasteiger partial charge >= 0.3 is 0 Å². The molecule has 0 radical (unpaired) electrons. The number of carbonyl (C=O) groups excluding carboxylic acids is 1. The van der Waals surface area contributed by atoms with E-state index in [1.54, 1.807) is 31.6 Å². The van der Waals surface area contributed by atoms with Crippen LogP contribution in [0, 0.1) is 0 Å².